The highest BCUT2D eigenvalue weighted by Crippen LogP contribution is 2.25. The number of aliphatic hydroxyl groups is 1. The van der Waals surface area contributed by atoms with Crippen molar-refractivity contribution in [3.63, 3.8) is 0 Å². The number of aliphatic hydroxyl groups excluding tert-OH is 1. The summed E-state index contributed by atoms with van der Waals surface area (Å²) in [6.07, 6.45) is 1.04. The van der Waals surface area contributed by atoms with E-state index < -0.39 is 0 Å². The molecule has 2 nitrogen and oxygen atoms in total. The second-order valence-corrected chi connectivity index (χ2v) is 4.85. The molecule has 0 aliphatic carbocycles. The van der Waals surface area contributed by atoms with Gasteiger partial charge in [0.1, 0.15) is 0 Å². The van der Waals surface area contributed by atoms with Crippen LogP contribution in [0.3, 0.4) is 0 Å². The van der Waals surface area contributed by atoms with Gasteiger partial charge in [-0.3, -0.25) is 4.90 Å². The maximum Gasteiger partial charge on any atom is 0.0698 e. The van der Waals surface area contributed by atoms with Gasteiger partial charge in [0.2, 0.25) is 0 Å². The van der Waals surface area contributed by atoms with Gasteiger partial charge in [0.25, 0.3) is 0 Å². The Balaban J connectivity index is 2.46. The fraction of sp³-hybridized carbons (Fsp3) is 1.00. The average molecular weight is 185 g/mol. The first kappa shape index (κ1) is 11.0. The number of likely N-dealkylation sites (tertiary alicyclic amines) is 1. The molecule has 0 saturated carbocycles. The van der Waals surface area contributed by atoms with Crippen LogP contribution in [0.4, 0.5) is 0 Å². The summed E-state index contributed by atoms with van der Waals surface area (Å²) in [5.41, 5.74) is 0. The van der Waals surface area contributed by atoms with Gasteiger partial charge in [0, 0.05) is 12.6 Å². The predicted octanol–water partition coefficient (Wildman–Crippen LogP) is 1.73. The van der Waals surface area contributed by atoms with Gasteiger partial charge < -0.3 is 5.11 Å². The average Bonchev–Trinajstić information content (AvgIpc) is 2.03. The molecular formula is C11H23NO. The molecule has 0 spiro atoms. The number of nitrogens with zero attached hydrogens (tertiary/aromatic N) is 1. The topological polar surface area (TPSA) is 23.5 Å². The third-order valence-electron chi connectivity index (χ3n) is 3.25. The Morgan fingerprint density at radius 3 is 2.23 bits per heavy atom. The second kappa shape index (κ2) is 4.43. The van der Waals surface area contributed by atoms with Gasteiger partial charge in [-0.2, -0.15) is 0 Å². The normalized spacial score (nSPS) is 31.6. The van der Waals surface area contributed by atoms with Gasteiger partial charge >= 0.3 is 0 Å². The molecule has 13 heavy (non-hydrogen) atoms. The van der Waals surface area contributed by atoms with Gasteiger partial charge in [0.05, 0.1) is 6.10 Å². The Kier molecular flexibility index (Phi) is 3.74. The van der Waals surface area contributed by atoms with Gasteiger partial charge in [-0.05, 0) is 38.6 Å². The lowest BCUT2D eigenvalue weighted by Crippen LogP contribution is -2.48. The highest BCUT2D eigenvalue weighted by atomic mass is 16.3. The van der Waals surface area contributed by atoms with Crippen LogP contribution in [0.25, 0.3) is 0 Å². The van der Waals surface area contributed by atoms with Crippen LogP contribution < -0.4 is 0 Å². The van der Waals surface area contributed by atoms with Crippen LogP contribution in [0.2, 0.25) is 0 Å². The fourth-order valence-corrected chi connectivity index (χ4v) is 2.22. The Labute approximate surface area is 81.9 Å². The zero-order chi connectivity index (χ0) is 10.0. The van der Waals surface area contributed by atoms with Crippen LogP contribution in [-0.4, -0.2) is 35.2 Å². The summed E-state index contributed by atoms with van der Waals surface area (Å²) in [5.74, 6) is 1.12. The van der Waals surface area contributed by atoms with E-state index in [4.69, 9.17) is 0 Å². The molecule has 78 valence electrons. The summed E-state index contributed by atoms with van der Waals surface area (Å²) >= 11 is 0. The molecule has 1 saturated heterocycles. The van der Waals surface area contributed by atoms with E-state index in [1.807, 2.05) is 0 Å². The van der Waals surface area contributed by atoms with Gasteiger partial charge in [-0.15, -0.1) is 0 Å². The molecule has 0 radical (unpaired) electrons. The largest absolute Gasteiger partial charge is 0.391 e. The molecule has 1 fully saturated rings. The molecule has 0 aromatic rings. The van der Waals surface area contributed by atoms with Crippen molar-refractivity contribution >= 4 is 0 Å². The van der Waals surface area contributed by atoms with Crippen LogP contribution >= 0.6 is 0 Å². The van der Waals surface area contributed by atoms with Crippen molar-refractivity contribution in [2.24, 2.45) is 11.8 Å². The summed E-state index contributed by atoms with van der Waals surface area (Å²) in [4.78, 5) is 2.36. The number of hydrogen-bond acceptors (Lipinski definition) is 2. The van der Waals surface area contributed by atoms with E-state index in [-0.39, 0.29) is 6.10 Å². The van der Waals surface area contributed by atoms with Crippen molar-refractivity contribution in [1.29, 1.82) is 0 Å². The molecule has 1 aliphatic rings. The molecule has 0 aromatic heterocycles. The number of rotatable bonds is 2. The van der Waals surface area contributed by atoms with E-state index in [2.05, 4.69) is 32.6 Å². The van der Waals surface area contributed by atoms with Crippen LogP contribution in [0.5, 0.6) is 0 Å². The first-order valence-electron chi connectivity index (χ1n) is 5.44. The first-order chi connectivity index (χ1) is 6.02. The van der Waals surface area contributed by atoms with E-state index in [1.54, 1.807) is 0 Å². The molecular weight excluding hydrogens is 162 g/mol. The fourth-order valence-electron chi connectivity index (χ4n) is 2.22. The van der Waals surface area contributed by atoms with Crippen molar-refractivity contribution in [3.05, 3.63) is 0 Å². The molecule has 1 rings (SSSR count). The minimum absolute atomic E-state index is 0.115. The Morgan fingerprint density at radius 2 is 1.85 bits per heavy atom. The molecule has 1 aliphatic heterocycles. The maximum absolute atomic E-state index is 9.92. The van der Waals surface area contributed by atoms with E-state index >= 15 is 0 Å². The molecule has 0 aromatic carbocycles. The Bertz CT molecular complexity index is 156. The predicted molar refractivity (Wildman–Crippen MR) is 55.7 cm³/mol. The van der Waals surface area contributed by atoms with Crippen LogP contribution in [-0.2, 0) is 0 Å². The maximum atomic E-state index is 9.92. The molecule has 2 heteroatoms. The monoisotopic (exact) mass is 185 g/mol. The summed E-state index contributed by atoms with van der Waals surface area (Å²) in [7, 11) is 0. The van der Waals surface area contributed by atoms with Gasteiger partial charge in [-0.1, -0.05) is 13.8 Å². The van der Waals surface area contributed by atoms with Crippen molar-refractivity contribution < 1.29 is 5.11 Å². The van der Waals surface area contributed by atoms with Crippen molar-refractivity contribution in [2.75, 3.05) is 13.1 Å². The Hall–Kier alpha value is -0.0800. The van der Waals surface area contributed by atoms with Crippen LogP contribution in [0.15, 0.2) is 0 Å². The first-order valence-corrected chi connectivity index (χ1v) is 5.44. The van der Waals surface area contributed by atoms with Crippen molar-refractivity contribution in [1.82, 2.24) is 4.90 Å². The van der Waals surface area contributed by atoms with Crippen molar-refractivity contribution in [2.45, 2.75) is 46.3 Å². The molecule has 2 atom stereocenters. The summed E-state index contributed by atoms with van der Waals surface area (Å²) in [6.45, 7) is 10.8. The van der Waals surface area contributed by atoms with Crippen LogP contribution in [0, 0.1) is 11.8 Å². The third-order valence-corrected chi connectivity index (χ3v) is 3.25. The van der Waals surface area contributed by atoms with E-state index in [0.717, 1.165) is 19.5 Å². The zero-order valence-electron chi connectivity index (χ0n) is 9.33. The standard InChI is InChI=1S/C11H23NO/c1-8(2)10-5-6-12(9(3)4)7-11(10)13/h8-11,13H,5-7H2,1-4H3/t10-,11-/m1/s1. The summed E-state index contributed by atoms with van der Waals surface area (Å²) in [5, 5.41) is 9.92. The van der Waals surface area contributed by atoms with E-state index in [0.29, 0.717) is 17.9 Å². The van der Waals surface area contributed by atoms with Gasteiger partial charge in [0.15, 0.2) is 0 Å². The minimum atomic E-state index is -0.115. The minimum Gasteiger partial charge on any atom is -0.391 e. The number of hydrogen-bond donors (Lipinski definition) is 1. The highest BCUT2D eigenvalue weighted by Gasteiger charge is 2.30. The smallest absolute Gasteiger partial charge is 0.0698 e. The van der Waals surface area contributed by atoms with Crippen LogP contribution in [0.1, 0.15) is 34.1 Å². The summed E-state index contributed by atoms with van der Waals surface area (Å²) in [6, 6.07) is 0.572. The third kappa shape index (κ3) is 2.68. The second-order valence-electron chi connectivity index (χ2n) is 4.85. The Morgan fingerprint density at radius 1 is 1.23 bits per heavy atom. The summed E-state index contributed by atoms with van der Waals surface area (Å²) < 4.78 is 0. The highest BCUT2D eigenvalue weighted by molar-refractivity contribution is 4.82. The quantitative estimate of drug-likeness (QED) is 0.708. The number of piperidine rings is 1. The van der Waals surface area contributed by atoms with E-state index in [1.165, 1.54) is 0 Å². The van der Waals surface area contributed by atoms with E-state index in [9.17, 15) is 5.11 Å². The van der Waals surface area contributed by atoms with Crippen molar-refractivity contribution in [3.8, 4) is 0 Å². The zero-order valence-corrected chi connectivity index (χ0v) is 9.33. The molecule has 1 heterocycles. The lowest BCUT2D eigenvalue weighted by atomic mass is 9.84. The lowest BCUT2D eigenvalue weighted by molar-refractivity contribution is -0.00764. The molecule has 0 bridgehead atoms. The molecule has 1 N–H and O–H groups in total. The lowest BCUT2D eigenvalue weighted by Gasteiger charge is -2.39. The molecule has 0 amide bonds. The molecule has 0 unspecified atom stereocenters. The SMILES string of the molecule is CC(C)[C@H]1CCN(C(C)C)C[C@H]1O. The number of β-amino-alcohol motifs (C(OH)–C–C–N with tert-alkyl or cyclic N) is 1. The van der Waals surface area contributed by atoms with Gasteiger partial charge in [-0.25, -0.2) is 0 Å².